The molecule has 0 saturated carbocycles. The largest absolute Gasteiger partial charge is 0.337 e. The third-order valence-electron chi connectivity index (χ3n) is 4.52. The Morgan fingerprint density at radius 2 is 2.21 bits per heavy atom. The minimum absolute atomic E-state index is 0.216. The molecule has 1 N–H and O–H groups in total. The van der Waals surface area contributed by atoms with Crippen molar-refractivity contribution >= 4 is 5.91 Å². The highest BCUT2D eigenvalue weighted by atomic mass is 16.2. The first-order chi connectivity index (χ1) is 9.29. The molecule has 102 valence electrons. The molecular formula is C16H22N2O. The zero-order valence-electron chi connectivity index (χ0n) is 11.6. The number of hydrogen-bond donors (Lipinski definition) is 1. The summed E-state index contributed by atoms with van der Waals surface area (Å²) in [5, 5.41) is 3.55. The lowest BCUT2D eigenvalue weighted by Gasteiger charge is -2.24. The quantitative estimate of drug-likeness (QED) is 0.881. The number of amides is 1. The van der Waals surface area contributed by atoms with E-state index in [0.717, 1.165) is 37.2 Å². The van der Waals surface area contributed by atoms with Crippen molar-refractivity contribution in [2.45, 2.75) is 32.2 Å². The van der Waals surface area contributed by atoms with Crippen LogP contribution in [0.2, 0.25) is 0 Å². The minimum atomic E-state index is 0.216. The predicted octanol–water partition coefficient (Wildman–Crippen LogP) is 2.07. The van der Waals surface area contributed by atoms with Crippen molar-refractivity contribution in [3.8, 4) is 0 Å². The van der Waals surface area contributed by atoms with Gasteiger partial charge in [0, 0.05) is 24.7 Å². The van der Waals surface area contributed by atoms with Crippen LogP contribution in [0.1, 0.15) is 35.7 Å². The molecule has 3 rings (SSSR count). The van der Waals surface area contributed by atoms with Gasteiger partial charge in [-0.05, 0) is 43.4 Å². The molecule has 0 spiro atoms. The maximum atomic E-state index is 12.7. The van der Waals surface area contributed by atoms with Gasteiger partial charge in [0.25, 0.3) is 5.91 Å². The molecule has 1 aromatic rings. The summed E-state index contributed by atoms with van der Waals surface area (Å²) in [4.78, 5) is 14.7. The Balaban J connectivity index is 1.77. The van der Waals surface area contributed by atoms with Crippen LogP contribution in [0.15, 0.2) is 24.3 Å². The van der Waals surface area contributed by atoms with Crippen molar-refractivity contribution in [3.63, 3.8) is 0 Å². The SMILES string of the molecule is CCc1ccccc1C(=O)N1CC2CCCNC2C1. The number of nitrogens with zero attached hydrogens (tertiary/aromatic N) is 1. The van der Waals surface area contributed by atoms with Crippen LogP contribution in [-0.2, 0) is 6.42 Å². The van der Waals surface area contributed by atoms with Gasteiger partial charge >= 0.3 is 0 Å². The van der Waals surface area contributed by atoms with Gasteiger partial charge in [0.2, 0.25) is 0 Å². The summed E-state index contributed by atoms with van der Waals surface area (Å²) in [6.45, 7) is 5.02. The van der Waals surface area contributed by atoms with Crippen LogP contribution in [0.3, 0.4) is 0 Å². The lowest BCUT2D eigenvalue weighted by atomic mass is 9.94. The molecule has 3 nitrogen and oxygen atoms in total. The van der Waals surface area contributed by atoms with Crippen LogP contribution >= 0.6 is 0 Å². The molecule has 2 aliphatic rings. The fraction of sp³-hybridized carbons (Fsp3) is 0.562. The van der Waals surface area contributed by atoms with Crippen LogP contribution in [0.5, 0.6) is 0 Å². The normalized spacial score (nSPS) is 26.3. The monoisotopic (exact) mass is 258 g/mol. The van der Waals surface area contributed by atoms with Crippen LogP contribution in [0, 0.1) is 5.92 Å². The van der Waals surface area contributed by atoms with Crippen molar-refractivity contribution in [1.29, 1.82) is 0 Å². The molecule has 2 atom stereocenters. The van der Waals surface area contributed by atoms with Gasteiger partial charge in [-0.25, -0.2) is 0 Å². The number of benzene rings is 1. The van der Waals surface area contributed by atoms with E-state index in [9.17, 15) is 4.79 Å². The van der Waals surface area contributed by atoms with Crippen molar-refractivity contribution in [1.82, 2.24) is 10.2 Å². The summed E-state index contributed by atoms with van der Waals surface area (Å²) in [5.41, 5.74) is 2.05. The van der Waals surface area contributed by atoms with Gasteiger partial charge in [0.1, 0.15) is 0 Å². The maximum Gasteiger partial charge on any atom is 0.254 e. The lowest BCUT2D eigenvalue weighted by Crippen LogP contribution is -2.41. The first-order valence-electron chi connectivity index (χ1n) is 7.40. The standard InChI is InChI=1S/C16H22N2O/c1-2-12-6-3-4-8-14(12)16(19)18-10-13-7-5-9-17-15(13)11-18/h3-4,6,8,13,15,17H,2,5,7,9-11H2,1H3. The summed E-state index contributed by atoms with van der Waals surface area (Å²) in [5.74, 6) is 0.875. The predicted molar refractivity (Wildman–Crippen MR) is 76.2 cm³/mol. The number of rotatable bonds is 2. The third-order valence-corrected chi connectivity index (χ3v) is 4.52. The molecule has 2 unspecified atom stereocenters. The minimum Gasteiger partial charge on any atom is -0.337 e. The van der Waals surface area contributed by atoms with E-state index in [1.54, 1.807) is 0 Å². The number of likely N-dealkylation sites (tertiary alicyclic amines) is 1. The van der Waals surface area contributed by atoms with Gasteiger partial charge in [0.15, 0.2) is 0 Å². The van der Waals surface area contributed by atoms with Crippen molar-refractivity contribution < 1.29 is 4.79 Å². The Morgan fingerprint density at radius 1 is 1.37 bits per heavy atom. The van der Waals surface area contributed by atoms with Gasteiger partial charge in [-0.1, -0.05) is 25.1 Å². The molecule has 2 fully saturated rings. The Labute approximate surface area is 115 Å². The van der Waals surface area contributed by atoms with Crippen LogP contribution in [0.25, 0.3) is 0 Å². The van der Waals surface area contributed by atoms with Crippen molar-refractivity contribution in [2.75, 3.05) is 19.6 Å². The molecule has 1 aromatic carbocycles. The Bertz CT molecular complexity index is 458. The van der Waals surface area contributed by atoms with E-state index in [0.29, 0.717) is 12.0 Å². The number of fused-ring (bicyclic) bond motifs is 1. The van der Waals surface area contributed by atoms with Crippen molar-refractivity contribution in [3.05, 3.63) is 35.4 Å². The van der Waals surface area contributed by atoms with E-state index in [2.05, 4.69) is 18.3 Å². The fourth-order valence-corrected chi connectivity index (χ4v) is 3.42. The average molecular weight is 258 g/mol. The molecule has 19 heavy (non-hydrogen) atoms. The van der Waals surface area contributed by atoms with Gasteiger partial charge in [-0.2, -0.15) is 0 Å². The van der Waals surface area contributed by atoms with Gasteiger partial charge in [-0.15, -0.1) is 0 Å². The second-order valence-corrected chi connectivity index (χ2v) is 5.68. The molecule has 0 bridgehead atoms. The van der Waals surface area contributed by atoms with Crippen LogP contribution in [0.4, 0.5) is 0 Å². The third kappa shape index (κ3) is 2.39. The summed E-state index contributed by atoms with van der Waals surface area (Å²) in [6.07, 6.45) is 3.42. The highest BCUT2D eigenvalue weighted by Gasteiger charge is 2.36. The van der Waals surface area contributed by atoms with E-state index in [4.69, 9.17) is 0 Å². The summed E-state index contributed by atoms with van der Waals surface area (Å²) in [6, 6.07) is 8.53. The number of nitrogens with one attached hydrogen (secondary N) is 1. The van der Waals surface area contributed by atoms with E-state index in [-0.39, 0.29) is 5.91 Å². The molecular weight excluding hydrogens is 236 g/mol. The van der Waals surface area contributed by atoms with Crippen LogP contribution < -0.4 is 5.32 Å². The molecule has 2 heterocycles. The summed E-state index contributed by atoms with van der Waals surface area (Å²) < 4.78 is 0. The van der Waals surface area contributed by atoms with Gasteiger partial charge < -0.3 is 10.2 Å². The number of carbonyl (C=O) groups excluding carboxylic acids is 1. The second-order valence-electron chi connectivity index (χ2n) is 5.68. The summed E-state index contributed by atoms with van der Waals surface area (Å²) >= 11 is 0. The Morgan fingerprint density at radius 3 is 3.00 bits per heavy atom. The topological polar surface area (TPSA) is 32.3 Å². The zero-order chi connectivity index (χ0) is 13.2. The highest BCUT2D eigenvalue weighted by Crippen LogP contribution is 2.26. The second kappa shape index (κ2) is 5.33. The lowest BCUT2D eigenvalue weighted by molar-refractivity contribution is 0.0784. The average Bonchev–Trinajstić information content (AvgIpc) is 2.90. The Hall–Kier alpha value is -1.35. The number of hydrogen-bond acceptors (Lipinski definition) is 2. The molecule has 2 aliphatic heterocycles. The van der Waals surface area contributed by atoms with E-state index >= 15 is 0 Å². The van der Waals surface area contributed by atoms with Crippen molar-refractivity contribution in [2.24, 2.45) is 5.92 Å². The smallest absolute Gasteiger partial charge is 0.254 e. The number of piperidine rings is 1. The molecule has 0 aromatic heterocycles. The molecule has 0 radical (unpaired) electrons. The van der Waals surface area contributed by atoms with E-state index in [1.807, 2.05) is 23.1 Å². The molecule has 2 saturated heterocycles. The molecule has 3 heteroatoms. The van der Waals surface area contributed by atoms with Gasteiger partial charge in [0.05, 0.1) is 0 Å². The van der Waals surface area contributed by atoms with Gasteiger partial charge in [-0.3, -0.25) is 4.79 Å². The number of aryl methyl sites for hydroxylation is 1. The zero-order valence-corrected chi connectivity index (χ0v) is 11.6. The number of carbonyl (C=O) groups is 1. The Kier molecular flexibility index (Phi) is 3.56. The highest BCUT2D eigenvalue weighted by molar-refractivity contribution is 5.96. The fourth-order valence-electron chi connectivity index (χ4n) is 3.42. The first-order valence-corrected chi connectivity index (χ1v) is 7.40. The van der Waals surface area contributed by atoms with Crippen LogP contribution in [-0.4, -0.2) is 36.5 Å². The molecule has 0 aliphatic carbocycles. The first kappa shape index (κ1) is 12.7. The van der Waals surface area contributed by atoms with E-state index < -0.39 is 0 Å². The van der Waals surface area contributed by atoms with E-state index in [1.165, 1.54) is 12.8 Å². The molecule has 1 amide bonds. The maximum absolute atomic E-state index is 12.7. The summed E-state index contributed by atoms with van der Waals surface area (Å²) in [7, 11) is 0.